The average molecular weight is 282 g/mol. The molecule has 0 aromatic heterocycles. The highest BCUT2D eigenvalue weighted by Gasteiger charge is 2.35. The van der Waals surface area contributed by atoms with Crippen LogP contribution in [0.25, 0.3) is 0 Å². The molecule has 0 saturated heterocycles. The number of sulfonamides is 1. The summed E-state index contributed by atoms with van der Waals surface area (Å²) in [5.41, 5.74) is 4.74. The van der Waals surface area contributed by atoms with E-state index in [1.54, 1.807) is 13.1 Å². The lowest BCUT2D eigenvalue weighted by Gasteiger charge is -2.32. The van der Waals surface area contributed by atoms with E-state index >= 15 is 0 Å². The Labute approximate surface area is 91.4 Å². The second-order valence-electron chi connectivity index (χ2n) is 3.05. The second-order valence-corrected chi connectivity index (χ2v) is 5.50. The van der Waals surface area contributed by atoms with Crippen molar-refractivity contribution in [3.05, 3.63) is 21.7 Å². The number of hydrogen-bond donors (Lipinski definition) is 3. The van der Waals surface area contributed by atoms with E-state index in [4.69, 9.17) is 10.9 Å². The van der Waals surface area contributed by atoms with Crippen molar-refractivity contribution in [2.75, 3.05) is 0 Å². The molecule has 14 heavy (non-hydrogen) atoms. The summed E-state index contributed by atoms with van der Waals surface area (Å²) in [4.78, 5) is -0.0122. The first-order valence-electron chi connectivity index (χ1n) is 3.97. The molecule has 0 fully saturated rings. The van der Waals surface area contributed by atoms with Gasteiger partial charge in [-0.1, -0.05) is 6.92 Å². The number of dihydropyridines is 1. The molecule has 0 radical (unpaired) electrons. The number of halogens is 1. The van der Waals surface area contributed by atoms with Crippen LogP contribution < -0.4 is 16.2 Å². The third kappa shape index (κ3) is 2.17. The van der Waals surface area contributed by atoms with Gasteiger partial charge in [0.15, 0.2) is 0 Å². The molecule has 1 aliphatic heterocycles. The normalized spacial score (nSPS) is 27.7. The van der Waals surface area contributed by atoms with Crippen LogP contribution in [-0.4, -0.2) is 14.1 Å². The molecule has 1 heterocycles. The summed E-state index contributed by atoms with van der Waals surface area (Å²) in [6, 6.07) is 0. The van der Waals surface area contributed by atoms with Gasteiger partial charge in [0.2, 0.25) is 10.0 Å². The molecule has 1 atom stereocenters. The van der Waals surface area contributed by atoms with Gasteiger partial charge in [0.05, 0.1) is 0 Å². The molecule has 7 heteroatoms. The van der Waals surface area contributed by atoms with Crippen LogP contribution in [0.3, 0.4) is 0 Å². The average Bonchev–Trinajstić information content (AvgIpc) is 2.08. The number of nitrogens with two attached hydrogens (primary N) is 2. The zero-order valence-corrected chi connectivity index (χ0v) is 10.0. The molecule has 0 aromatic carbocycles. The smallest absolute Gasteiger partial charge is 0.237 e. The molecule has 0 saturated carbocycles. The van der Waals surface area contributed by atoms with Crippen LogP contribution >= 0.6 is 15.9 Å². The van der Waals surface area contributed by atoms with Gasteiger partial charge >= 0.3 is 0 Å². The van der Waals surface area contributed by atoms with E-state index in [1.165, 1.54) is 6.08 Å². The van der Waals surface area contributed by atoms with Crippen LogP contribution in [0.1, 0.15) is 13.3 Å². The van der Waals surface area contributed by atoms with Crippen LogP contribution in [0, 0.1) is 0 Å². The van der Waals surface area contributed by atoms with Gasteiger partial charge in [0, 0.05) is 10.7 Å². The largest absolute Gasteiger partial charge is 0.368 e. The fourth-order valence-corrected chi connectivity index (χ4v) is 2.67. The first-order chi connectivity index (χ1) is 6.29. The molecule has 0 spiro atoms. The van der Waals surface area contributed by atoms with Gasteiger partial charge in [-0.25, -0.2) is 13.6 Å². The molecule has 0 bridgehead atoms. The quantitative estimate of drug-likeness (QED) is 0.667. The van der Waals surface area contributed by atoms with Gasteiger partial charge in [-0.05, 0) is 28.4 Å². The molecular weight excluding hydrogens is 270 g/mol. The van der Waals surface area contributed by atoms with Gasteiger partial charge in [-0.2, -0.15) is 0 Å². The summed E-state index contributed by atoms with van der Waals surface area (Å²) in [5.74, 6) is 0. The number of primary sulfonamides is 1. The Morgan fingerprint density at radius 3 is 2.64 bits per heavy atom. The van der Waals surface area contributed by atoms with Crippen LogP contribution in [0.4, 0.5) is 0 Å². The molecule has 0 aliphatic carbocycles. The van der Waals surface area contributed by atoms with Crippen molar-refractivity contribution in [1.82, 2.24) is 5.32 Å². The van der Waals surface area contributed by atoms with Crippen molar-refractivity contribution in [1.29, 1.82) is 0 Å². The highest BCUT2D eigenvalue weighted by molar-refractivity contribution is 9.11. The SMILES string of the molecule is CCC1(N)NC=C(Br)C=C1S(N)(=O)=O. The monoisotopic (exact) mass is 281 g/mol. The Morgan fingerprint density at radius 1 is 1.64 bits per heavy atom. The van der Waals surface area contributed by atoms with Crippen molar-refractivity contribution >= 4 is 26.0 Å². The van der Waals surface area contributed by atoms with E-state index in [2.05, 4.69) is 21.2 Å². The first-order valence-corrected chi connectivity index (χ1v) is 6.31. The summed E-state index contributed by atoms with van der Waals surface area (Å²) in [6.07, 6.45) is 3.43. The third-order valence-electron chi connectivity index (χ3n) is 2.04. The molecule has 80 valence electrons. The molecule has 5 N–H and O–H groups in total. The van der Waals surface area contributed by atoms with Crippen molar-refractivity contribution in [3.63, 3.8) is 0 Å². The number of nitrogens with one attached hydrogen (secondary N) is 1. The lowest BCUT2D eigenvalue weighted by Crippen LogP contribution is -2.56. The minimum atomic E-state index is -3.78. The van der Waals surface area contributed by atoms with Gasteiger partial charge < -0.3 is 11.1 Å². The molecule has 1 unspecified atom stereocenters. The van der Waals surface area contributed by atoms with E-state index < -0.39 is 15.7 Å². The molecule has 0 aromatic rings. The van der Waals surface area contributed by atoms with Crippen LogP contribution in [0.2, 0.25) is 0 Å². The second kappa shape index (κ2) is 3.65. The Kier molecular flexibility index (Phi) is 3.05. The van der Waals surface area contributed by atoms with Crippen molar-refractivity contribution in [3.8, 4) is 0 Å². The minimum Gasteiger partial charge on any atom is -0.368 e. The molecule has 1 rings (SSSR count). The Bertz CT molecular complexity index is 401. The van der Waals surface area contributed by atoms with Crippen LogP contribution in [0.5, 0.6) is 0 Å². The summed E-state index contributed by atoms with van der Waals surface area (Å²) in [6.45, 7) is 1.78. The maximum atomic E-state index is 11.2. The van der Waals surface area contributed by atoms with Crippen LogP contribution in [0.15, 0.2) is 21.7 Å². The zero-order chi connectivity index (χ0) is 11.0. The van der Waals surface area contributed by atoms with E-state index in [0.717, 1.165) is 0 Å². The number of hydrogen-bond acceptors (Lipinski definition) is 4. The van der Waals surface area contributed by atoms with Crippen molar-refractivity contribution in [2.24, 2.45) is 10.9 Å². The van der Waals surface area contributed by atoms with Crippen molar-refractivity contribution in [2.45, 2.75) is 19.0 Å². The number of rotatable bonds is 2. The lowest BCUT2D eigenvalue weighted by atomic mass is 10.1. The van der Waals surface area contributed by atoms with Gasteiger partial charge in [0.25, 0.3) is 0 Å². The maximum Gasteiger partial charge on any atom is 0.237 e. The predicted octanol–water partition coefficient (Wildman–Crippen LogP) is 0.0633. The Balaban J connectivity index is 3.26. The fourth-order valence-electron chi connectivity index (χ4n) is 1.18. The Hall–Kier alpha value is -0.370. The standard InChI is InChI=1S/C7H12BrN3O2S/c1-2-7(9)6(14(10,12)13)3-5(8)4-11-7/h3-4,11H,2,9H2,1H3,(H2,10,12,13). The van der Waals surface area contributed by atoms with Gasteiger partial charge in [0.1, 0.15) is 10.6 Å². The maximum absolute atomic E-state index is 11.2. The molecular formula is C7H12BrN3O2S. The zero-order valence-electron chi connectivity index (χ0n) is 7.62. The van der Waals surface area contributed by atoms with E-state index in [1.807, 2.05) is 0 Å². The van der Waals surface area contributed by atoms with E-state index in [9.17, 15) is 8.42 Å². The van der Waals surface area contributed by atoms with Gasteiger partial charge in [-0.15, -0.1) is 0 Å². The topological polar surface area (TPSA) is 98.2 Å². The van der Waals surface area contributed by atoms with Crippen LogP contribution in [-0.2, 0) is 10.0 Å². The Morgan fingerprint density at radius 2 is 2.21 bits per heavy atom. The van der Waals surface area contributed by atoms with E-state index in [0.29, 0.717) is 10.9 Å². The highest BCUT2D eigenvalue weighted by atomic mass is 79.9. The fraction of sp³-hybridized carbons (Fsp3) is 0.429. The summed E-state index contributed by atoms with van der Waals surface area (Å²) < 4.78 is 23.1. The van der Waals surface area contributed by atoms with Gasteiger partial charge in [-0.3, -0.25) is 0 Å². The van der Waals surface area contributed by atoms with Crippen molar-refractivity contribution < 1.29 is 8.42 Å². The van der Waals surface area contributed by atoms with E-state index in [-0.39, 0.29) is 4.91 Å². The molecule has 0 amide bonds. The lowest BCUT2D eigenvalue weighted by molar-refractivity contribution is 0.438. The molecule has 5 nitrogen and oxygen atoms in total. The minimum absolute atomic E-state index is 0.0122. The third-order valence-corrected chi connectivity index (χ3v) is 3.59. The first kappa shape index (κ1) is 11.7. The molecule has 1 aliphatic rings. The highest BCUT2D eigenvalue weighted by Crippen LogP contribution is 2.26. The summed E-state index contributed by atoms with van der Waals surface area (Å²) in [7, 11) is -3.78. The number of allylic oxidation sites excluding steroid dienone is 2. The summed E-state index contributed by atoms with van der Waals surface area (Å²) >= 11 is 3.15. The summed E-state index contributed by atoms with van der Waals surface area (Å²) in [5, 5.41) is 7.85. The predicted molar refractivity (Wildman–Crippen MR) is 58.5 cm³/mol.